The molecular weight excluding hydrogens is 256 g/mol. The van der Waals surface area contributed by atoms with Crippen molar-refractivity contribution in [3.05, 3.63) is 0 Å². The largest absolute Gasteiger partial charge is 0.304 e. The molecular formula is C15H26N2OS. The third kappa shape index (κ3) is 3.53. The van der Waals surface area contributed by atoms with Crippen LogP contribution in [0.15, 0.2) is 4.99 Å². The Hall–Kier alpha value is -0.510. The zero-order valence-corrected chi connectivity index (χ0v) is 13.0. The molecule has 0 aromatic heterocycles. The Morgan fingerprint density at radius 2 is 2.11 bits per heavy atom. The number of hydrogen-bond acceptors (Lipinski definition) is 3. The summed E-state index contributed by atoms with van der Waals surface area (Å²) in [6.45, 7) is 4.43. The summed E-state index contributed by atoms with van der Waals surface area (Å²) in [5.41, 5.74) is 0. The van der Waals surface area contributed by atoms with Crippen molar-refractivity contribution in [1.29, 1.82) is 0 Å². The number of rotatable bonds is 7. The van der Waals surface area contributed by atoms with Crippen LogP contribution < -0.4 is 5.32 Å². The summed E-state index contributed by atoms with van der Waals surface area (Å²) in [5.74, 6) is 0.198. The standard InChI is InChI=1S/C15H26N2OS/c1-3-5-6-7-9-12(4-2)16-14-17-13(18)15(19-14)10-8-11-15/h12H,3-11H2,1-2H3,(H,16,17,18). The quantitative estimate of drug-likeness (QED) is 0.720. The minimum atomic E-state index is -0.140. The van der Waals surface area contributed by atoms with Gasteiger partial charge in [0.2, 0.25) is 5.91 Å². The van der Waals surface area contributed by atoms with E-state index >= 15 is 0 Å². The van der Waals surface area contributed by atoms with Crippen LogP contribution in [0.4, 0.5) is 0 Å². The van der Waals surface area contributed by atoms with Crippen molar-refractivity contribution in [3.8, 4) is 0 Å². The number of aliphatic imine (C=N–C) groups is 1. The third-order valence-electron chi connectivity index (χ3n) is 4.25. The summed E-state index contributed by atoms with van der Waals surface area (Å²) in [5, 5.41) is 3.87. The molecule has 2 rings (SSSR count). The molecule has 1 unspecified atom stereocenters. The predicted molar refractivity (Wildman–Crippen MR) is 82.6 cm³/mol. The third-order valence-corrected chi connectivity index (χ3v) is 5.63. The number of nitrogens with one attached hydrogen (secondary N) is 1. The van der Waals surface area contributed by atoms with Crippen LogP contribution in [-0.4, -0.2) is 21.9 Å². The molecule has 4 heteroatoms. The van der Waals surface area contributed by atoms with E-state index in [0.717, 1.165) is 30.9 Å². The number of carbonyl (C=O) groups excluding carboxylic acids is 1. The molecule has 0 radical (unpaired) electrons. The zero-order valence-electron chi connectivity index (χ0n) is 12.2. The highest BCUT2D eigenvalue weighted by Gasteiger charge is 2.50. The van der Waals surface area contributed by atoms with E-state index < -0.39 is 0 Å². The zero-order chi connectivity index (χ0) is 13.7. The second kappa shape index (κ2) is 6.78. The van der Waals surface area contributed by atoms with Gasteiger partial charge in [0, 0.05) is 0 Å². The van der Waals surface area contributed by atoms with Gasteiger partial charge in [-0.25, -0.2) is 0 Å². The van der Waals surface area contributed by atoms with Gasteiger partial charge in [-0.3, -0.25) is 9.79 Å². The fraction of sp³-hybridized carbons (Fsp3) is 0.867. The van der Waals surface area contributed by atoms with E-state index in [4.69, 9.17) is 4.99 Å². The van der Waals surface area contributed by atoms with E-state index in [1.54, 1.807) is 11.8 Å². The summed E-state index contributed by atoms with van der Waals surface area (Å²) in [7, 11) is 0. The van der Waals surface area contributed by atoms with Gasteiger partial charge in [-0.05, 0) is 32.1 Å². The number of amides is 1. The van der Waals surface area contributed by atoms with Crippen LogP contribution in [0.25, 0.3) is 0 Å². The molecule has 1 saturated heterocycles. The smallest absolute Gasteiger partial charge is 0.242 e. The fourth-order valence-electron chi connectivity index (χ4n) is 2.69. The number of nitrogens with zero attached hydrogens (tertiary/aromatic N) is 1. The predicted octanol–water partition coefficient (Wildman–Crippen LogP) is 3.88. The maximum atomic E-state index is 11.9. The Bertz CT molecular complexity index is 350. The molecule has 2 aliphatic rings. The average molecular weight is 282 g/mol. The van der Waals surface area contributed by atoms with Gasteiger partial charge in [0.15, 0.2) is 5.17 Å². The molecule has 1 N–H and O–H groups in total. The Morgan fingerprint density at radius 1 is 1.32 bits per heavy atom. The van der Waals surface area contributed by atoms with Crippen molar-refractivity contribution >= 4 is 22.8 Å². The summed E-state index contributed by atoms with van der Waals surface area (Å²) < 4.78 is -0.140. The van der Waals surface area contributed by atoms with Crippen molar-refractivity contribution in [2.75, 3.05) is 0 Å². The van der Waals surface area contributed by atoms with Crippen molar-refractivity contribution in [2.24, 2.45) is 4.99 Å². The van der Waals surface area contributed by atoms with E-state index in [1.807, 2.05) is 0 Å². The Morgan fingerprint density at radius 3 is 2.63 bits per heavy atom. The highest BCUT2D eigenvalue weighted by Crippen LogP contribution is 2.47. The van der Waals surface area contributed by atoms with Crippen LogP contribution >= 0.6 is 11.8 Å². The topological polar surface area (TPSA) is 41.5 Å². The second-order valence-corrected chi connectivity index (χ2v) is 7.12. The molecule has 1 amide bonds. The molecule has 0 aromatic carbocycles. The van der Waals surface area contributed by atoms with Gasteiger partial charge < -0.3 is 5.32 Å². The second-order valence-electron chi connectivity index (χ2n) is 5.75. The first-order valence-corrected chi connectivity index (χ1v) is 8.60. The molecule has 19 heavy (non-hydrogen) atoms. The van der Waals surface area contributed by atoms with Gasteiger partial charge in [-0.2, -0.15) is 0 Å². The van der Waals surface area contributed by atoms with Crippen LogP contribution in [0.5, 0.6) is 0 Å². The van der Waals surface area contributed by atoms with Gasteiger partial charge in [-0.15, -0.1) is 0 Å². The van der Waals surface area contributed by atoms with Crippen LogP contribution in [-0.2, 0) is 4.79 Å². The average Bonchev–Trinajstić information content (AvgIpc) is 2.70. The van der Waals surface area contributed by atoms with E-state index in [2.05, 4.69) is 19.2 Å². The lowest BCUT2D eigenvalue weighted by molar-refractivity contribution is -0.123. The summed E-state index contributed by atoms with van der Waals surface area (Å²) in [6.07, 6.45) is 10.6. The first kappa shape index (κ1) is 14.9. The molecule has 1 heterocycles. The molecule has 1 aliphatic carbocycles. The van der Waals surface area contributed by atoms with Crippen LogP contribution in [0, 0.1) is 0 Å². The Kier molecular flexibility index (Phi) is 5.31. The molecule has 2 fully saturated rings. The molecule has 0 aromatic rings. The normalized spacial score (nSPS) is 24.5. The summed E-state index contributed by atoms with van der Waals surface area (Å²) in [4.78, 5) is 16.7. The molecule has 1 saturated carbocycles. The van der Waals surface area contributed by atoms with Gasteiger partial charge in [-0.1, -0.05) is 51.3 Å². The van der Waals surface area contributed by atoms with Crippen LogP contribution in [0.1, 0.15) is 71.6 Å². The Labute approximate surface area is 121 Å². The monoisotopic (exact) mass is 282 g/mol. The first-order chi connectivity index (χ1) is 9.20. The van der Waals surface area contributed by atoms with Gasteiger partial charge in [0.1, 0.15) is 4.75 Å². The molecule has 108 valence electrons. The number of amidine groups is 1. The van der Waals surface area contributed by atoms with Crippen molar-refractivity contribution in [1.82, 2.24) is 5.32 Å². The number of unbranched alkanes of at least 4 members (excludes halogenated alkanes) is 3. The number of thioether (sulfide) groups is 1. The lowest BCUT2D eigenvalue weighted by Gasteiger charge is -2.32. The Balaban J connectivity index is 1.83. The summed E-state index contributed by atoms with van der Waals surface area (Å²) >= 11 is 1.68. The van der Waals surface area contributed by atoms with Gasteiger partial charge in [0.05, 0.1) is 6.04 Å². The van der Waals surface area contributed by atoms with Crippen molar-refractivity contribution in [3.63, 3.8) is 0 Å². The lowest BCUT2D eigenvalue weighted by atomic mass is 9.84. The number of carbonyl (C=O) groups is 1. The highest BCUT2D eigenvalue weighted by molar-refractivity contribution is 8.16. The van der Waals surface area contributed by atoms with Crippen LogP contribution in [0.2, 0.25) is 0 Å². The first-order valence-electron chi connectivity index (χ1n) is 7.78. The van der Waals surface area contributed by atoms with E-state index in [0.29, 0.717) is 6.04 Å². The van der Waals surface area contributed by atoms with Gasteiger partial charge in [0.25, 0.3) is 0 Å². The van der Waals surface area contributed by atoms with E-state index in [1.165, 1.54) is 32.1 Å². The van der Waals surface area contributed by atoms with E-state index in [9.17, 15) is 4.79 Å². The minimum Gasteiger partial charge on any atom is -0.304 e. The van der Waals surface area contributed by atoms with E-state index in [-0.39, 0.29) is 10.7 Å². The minimum absolute atomic E-state index is 0.140. The molecule has 1 spiro atoms. The molecule has 1 aliphatic heterocycles. The molecule has 0 bridgehead atoms. The molecule has 1 atom stereocenters. The van der Waals surface area contributed by atoms with Gasteiger partial charge >= 0.3 is 0 Å². The fourth-order valence-corrected chi connectivity index (χ4v) is 4.04. The maximum Gasteiger partial charge on any atom is 0.242 e. The van der Waals surface area contributed by atoms with Crippen LogP contribution in [0.3, 0.4) is 0 Å². The highest BCUT2D eigenvalue weighted by atomic mass is 32.2. The SMILES string of the molecule is CCCCCCC(CC)N=C1NC(=O)C2(CCC2)S1. The maximum absolute atomic E-state index is 11.9. The molecule has 3 nitrogen and oxygen atoms in total. The van der Waals surface area contributed by atoms with Crippen molar-refractivity contribution < 1.29 is 4.79 Å². The van der Waals surface area contributed by atoms with Crippen molar-refractivity contribution in [2.45, 2.75) is 82.4 Å². The number of hydrogen-bond donors (Lipinski definition) is 1. The summed E-state index contributed by atoms with van der Waals surface area (Å²) in [6, 6.07) is 0.384. The lowest BCUT2D eigenvalue weighted by Crippen LogP contribution is -2.42.